The number of anilines is 1. The van der Waals surface area contributed by atoms with Gasteiger partial charge in [0.15, 0.2) is 0 Å². The lowest BCUT2D eigenvalue weighted by molar-refractivity contribution is -0.0583. The molecule has 0 saturated heterocycles. The van der Waals surface area contributed by atoms with Crippen LogP contribution in [0, 0.1) is 0 Å². The van der Waals surface area contributed by atoms with Crippen LogP contribution in [0.4, 0.5) is 10.5 Å². The van der Waals surface area contributed by atoms with E-state index < -0.39 is 23.9 Å². The molecule has 0 fully saturated rings. The number of benzene rings is 3. The highest BCUT2D eigenvalue weighted by Crippen LogP contribution is 2.24. The van der Waals surface area contributed by atoms with Crippen LogP contribution in [-0.2, 0) is 16.2 Å². The van der Waals surface area contributed by atoms with Crippen molar-refractivity contribution in [2.24, 2.45) is 0 Å². The largest absolute Gasteiger partial charge is 0.444 e. The van der Waals surface area contributed by atoms with Crippen LogP contribution in [0.5, 0.6) is 0 Å². The van der Waals surface area contributed by atoms with E-state index in [-0.39, 0.29) is 29.0 Å². The summed E-state index contributed by atoms with van der Waals surface area (Å²) < 4.78 is 5.16. The molecular formula is C23H16N2O6. The summed E-state index contributed by atoms with van der Waals surface area (Å²) in [5.41, 5.74) is 1.17. The molecule has 0 unspecified atom stereocenters. The number of nitrogens with one attached hydrogen (secondary N) is 1. The molecule has 0 spiro atoms. The van der Waals surface area contributed by atoms with Crippen molar-refractivity contribution in [2.75, 3.05) is 5.32 Å². The Hall–Kier alpha value is -4.46. The van der Waals surface area contributed by atoms with Crippen molar-refractivity contribution in [1.82, 2.24) is 5.06 Å². The molecule has 0 aliphatic carbocycles. The van der Waals surface area contributed by atoms with E-state index >= 15 is 0 Å². The van der Waals surface area contributed by atoms with E-state index in [9.17, 15) is 19.2 Å². The second kappa shape index (κ2) is 8.50. The molecule has 0 bridgehead atoms. The highest BCUT2D eigenvalue weighted by molar-refractivity contribution is 6.21. The van der Waals surface area contributed by atoms with Crippen LogP contribution in [0.3, 0.4) is 0 Å². The Kier molecular flexibility index (Phi) is 5.44. The monoisotopic (exact) mass is 416 g/mol. The number of nitrogens with zero attached hydrogens (tertiary/aromatic N) is 1. The van der Waals surface area contributed by atoms with Crippen LogP contribution in [0.1, 0.15) is 36.6 Å². The average molecular weight is 416 g/mol. The smallest absolute Gasteiger partial charge is 0.411 e. The minimum Gasteiger partial charge on any atom is -0.444 e. The predicted molar refractivity (Wildman–Crippen MR) is 109 cm³/mol. The lowest BCUT2D eigenvalue weighted by atomic mass is 10.1. The molecule has 3 amide bonds. The first-order chi connectivity index (χ1) is 15.0. The van der Waals surface area contributed by atoms with Crippen LogP contribution in [0.2, 0.25) is 0 Å². The van der Waals surface area contributed by atoms with Crippen molar-refractivity contribution < 1.29 is 28.8 Å². The van der Waals surface area contributed by atoms with E-state index in [0.29, 0.717) is 5.06 Å². The van der Waals surface area contributed by atoms with Crippen molar-refractivity contribution in [1.29, 1.82) is 0 Å². The Balaban J connectivity index is 1.45. The SMILES string of the molecule is O=C(Nc1ccccc1C(=O)ON1C(=O)c2ccccc2C1=O)OCc1ccccc1. The Morgan fingerprint density at radius 2 is 1.35 bits per heavy atom. The second-order valence-electron chi connectivity index (χ2n) is 6.56. The van der Waals surface area contributed by atoms with Gasteiger partial charge in [0.2, 0.25) is 0 Å². The first-order valence-electron chi connectivity index (χ1n) is 9.31. The number of ether oxygens (including phenoxy) is 1. The maximum Gasteiger partial charge on any atom is 0.411 e. The second-order valence-corrected chi connectivity index (χ2v) is 6.56. The quantitative estimate of drug-likeness (QED) is 0.635. The molecule has 8 heteroatoms. The number of carbonyl (C=O) groups excluding carboxylic acids is 4. The Bertz CT molecular complexity index is 1140. The summed E-state index contributed by atoms with van der Waals surface area (Å²) in [5.74, 6) is -2.45. The van der Waals surface area contributed by atoms with Crippen molar-refractivity contribution >= 4 is 29.6 Å². The lowest BCUT2D eigenvalue weighted by Crippen LogP contribution is -2.33. The van der Waals surface area contributed by atoms with Crippen molar-refractivity contribution in [3.63, 3.8) is 0 Å². The third kappa shape index (κ3) is 4.13. The standard InChI is InChI=1S/C23H16N2O6/c26-20-16-10-4-5-11-17(16)21(27)25(20)31-22(28)18-12-6-7-13-19(18)24-23(29)30-14-15-8-2-1-3-9-15/h1-13H,14H2,(H,24,29). The lowest BCUT2D eigenvalue weighted by Gasteiger charge is -2.15. The van der Waals surface area contributed by atoms with Gasteiger partial charge in [-0.25, -0.2) is 9.59 Å². The summed E-state index contributed by atoms with van der Waals surface area (Å²) in [6.07, 6.45) is -0.773. The van der Waals surface area contributed by atoms with Crippen molar-refractivity contribution in [2.45, 2.75) is 6.61 Å². The first-order valence-corrected chi connectivity index (χ1v) is 9.31. The van der Waals surface area contributed by atoms with Gasteiger partial charge in [-0.3, -0.25) is 14.9 Å². The van der Waals surface area contributed by atoms with Gasteiger partial charge < -0.3 is 9.57 Å². The summed E-state index contributed by atoms with van der Waals surface area (Å²) in [4.78, 5) is 54.7. The maximum atomic E-state index is 12.7. The summed E-state index contributed by atoms with van der Waals surface area (Å²) >= 11 is 0. The van der Waals surface area contributed by atoms with E-state index in [1.54, 1.807) is 36.4 Å². The van der Waals surface area contributed by atoms with Crippen LogP contribution in [0.15, 0.2) is 78.9 Å². The van der Waals surface area contributed by atoms with Gasteiger partial charge in [0.25, 0.3) is 11.8 Å². The zero-order valence-electron chi connectivity index (χ0n) is 16.1. The van der Waals surface area contributed by atoms with E-state index in [1.807, 2.05) is 18.2 Å². The summed E-state index contributed by atoms with van der Waals surface area (Å²) in [5, 5.41) is 2.89. The number of hydrogen-bond acceptors (Lipinski definition) is 6. The van der Waals surface area contributed by atoms with Crippen LogP contribution < -0.4 is 5.32 Å². The zero-order chi connectivity index (χ0) is 21.8. The first kappa shape index (κ1) is 19.8. The third-order valence-electron chi connectivity index (χ3n) is 4.53. The number of carbonyl (C=O) groups is 4. The Morgan fingerprint density at radius 3 is 2.03 bits per heavy atom. The van der Waals surface area contributed by atoms with E-state index in [4.69, 9.17) is 9.57 Å². The van der Waals surface area contributed by atoms with Crippen molar-refractivity contribution in [3.05, 3.63) is 101 Å². The summed E-state index contributed by atoms with van der Waals surface area (Å²) in [7, 11) is 0. The molecule has 31 heavy (non-hydrogen) atoms. The van der Waals surface area contributed by atoms with Crippen molar-refractivity contribution in [3.8, 4) is 0 Å². The van der Waals surface area contributed by atoms with Gasteiger partial charge >= 0.3 is 12.1 Å². The van der Waals surface area contributed by atoms with Gasteiger partial charge in [0.1, 0.15) is 6.61 Å². The van der Waals surface area contributed by atoms with Gasteiger partial charge in [-0.2, -0.15) is 0 Å². The van der Waals surface area contributed by atoms with Gasteiger partial charge in [0.05, 0.1) is 22.4 Å². The molecule has 8 nitrogen and oxygen atoms in total. The fourth-order valence-electron chi connectivity index (χ4n) is 3.02. The minimum absolute atomic E-state index is 0.0456. The molecule has 154 valence electrons. The van der Waals surface area contributed by atoms with Crippen LogP contribution >= 0.6 is 0 Å². The minimum atomic E-state index is -0.978. The molecule has 1 N–H and O–H groups in total. The number of imide groups is 1. The summed E-state index contributed by atoms with van der Waals surface area (Å²) in [6.45, 7) is 0.0499. The molecular weight excluding hydrogens is 400 g/mol. The highest BCUT2D eigenvalue weighted by atomic mass is 16.7. The van der Waals surface area contributed by atoms with Gasteiger partial charge in [-0.1, -0.05) is 59.7 Å². The molecule has 1 aliphatic heterocycles. The van der Waals surface area contributed by atoms with E-state index in [1.165, 1.54) is 24.3 Å². The molecule has 3 aromatic carbocycles. The number of para-hydroxylation sites is 1. The number of hydrogen-bond donors (Lipinski definition) is 1. The topological polar surface area (TPSA) is 102 Å². The molecule has 1 heterocycles. The average Bonchev–Trinajstić information content (AvgIpc) is 3.04. The van der Waals surface area contributed by atoms with Crippen LogP contribution in [0.25, 0.3) is 0 Å². The van der Waals surface area contributed by atoms with E-state index in [2.05, 4.69) is 5.32 Å². The molecule has 0 saturated carbocycles. The van der Waals surface area contributed by atoms with Gasteiger partial charge in [-0.15, -0.1) is 0 Å². The summed E-state index contributed by atoms with van der Waals surface area (Å²) in [6, 6.07) is 21.3. The molecule has 0 radical (unpaired) electrons. The van der Waals surface area contributed by atoms with Gasteiger partial charge in [-0.05, 0) is 29.8 Å². The number of hydroxylamine groups is 2. The fraction of sp³-hybridized carbons (Fsp3) is 0.0435. The molecule has 1 aliphatic rings. The molecule has 4 rings (SSSR count). The predicted octanol–water partition coefficient (Wildman–Crippen LogP) is 3.80. The Labute approximate surface area is 177 Å². The Morgan fingerprint density at radius 1 is 0.774 bits per heavy atom. The van der Waals surface area contributed by atoms with E-state index in [0.717, 1.165) is 5.56 Å². The molecule has 0 aromatic heterocycles. The van der Waals surface area contributed by atoms with Gasteiger partial charge in [0, 0.05) is 0 Å². The maximum absolute atomic E-state index is 12.7. The normalized spacial score (nSPS) is 12.3. The fourth-order valence-corrected chi connectivity index (χ4v) is 3.02. The zero-order valence-corrected chi connectivity index (χ0v) is 16.1. The number of fused-ring (bicyclic) bond motifs is 1. The van der Waals surface area contributed by atoms with Crippen LogP contribution in [-0.4, -0.2) is 28.9 Å². The number of rotatable bonds is 5. The highest BCUT2D eigenvalue weighted by Gasteiger charge is 2.39. The third-order valence-corrected chi connectivity index (χ3v) is 4.53. The molecule has 0 atom stereocenters. The molecule has 3 aromatic rings. The number of amides is 3.